The van der Waals surface area contributed by atoms with Gasteiger partial charge in [-0.2, -0.15) is 13.2 Å². The number of hydrogen-bond acceptors (Lipinski definition) is 2. The van der Waals surface area contributed by atoms with Crippen molar-refractivity contribution in [3.63, 3.8) is 0 Å². The first-order valence-electron chi connectivity index (χ1n) is 5.84. The molecule has 0 spiro atoms. The van der Waals surface area contributed by atoms with Crippen molar-refractivity contribution >= 4 is 46.4 Å². The van der Waals surface area contributed by atoms with Crippen molar-refractivity contribution in [1.29, 1.82) is 0 Å². The lowest BCUT2D eigenvalue weighted by Crippen LogP contribution is -2.49. The van der Waals surface area contributed by atoms with Crippen molar-refractivity contribution in [2.75, 3.05) is 5.32 Å². The van der Waals surface area contributed by atoms with Crippen LogP contribution in [0.2, 0.25) is 0 Å². The molecule has 0 bridgehead atoms. The first kappa shape index (κ1) is 18.2. The van der Waals surface area contributed by atoms with Crippen LogP contribution >= 0.6 is 34.8 Å². The van der Waals surface area contributed by atoms with Gasteiger partial charge in [-0.1, -0.05) is 53.9 Å². The van der Waals surface area contributed by atoms with Gasteiger partial charge in [-0.05, 0) is 12.1 Å². The number of rotatable bonds is 4. The molecule has 0 aliphatic heterocycles. The standard InChI is InChI=1S/C12H12Cl3F3N2O/c1-2-9(21)20-10(11(13,14)15)19-8-6-4-3-5-7(8)12(16,17)18/h3-6,10,19H,2H2,1H3,(H,20,21)/t10-/m0/s1. The zero-order chi connectivity index (χ0) is 16.3. The summed E-state index contributed by atoms with van der Waals surface area (Å²) in [6, 6.07) is 4.71. The number of carbonyl (C=O) groups excluding carboxylic acids is 1. The second-order valence-corrected chi connectivity index (χ2v) is 6.45. The average Bonchev–Trinajstić information content (AvgIpc) is 2.36. The third-order valence-corrected chi connectivity index (χ3v) is 3.14. The Kier molecular flexibility index (Phi) is 6.01. The molecule has 0 unspecified atom stereocenters. The molecule has 9 heteroatoms. The highest BCUT2D eigenvalue weighted by Gasteiger charge is 2.37. The zero-order valence-corrected chi connectivity index (χ0v) is 13.0. The van der Waals surface area contributed by atoms with Crippen LogP contribution in [0.4, 0.5) is 18.9 Å². The summed E-state index contributed by atoms with van der Waals surface area (Å²) in [5, 5.41) is 4.73. The number of anilines is 1. The van der Waals surface area contributed by atoms with Crippen LogP contribution in [-0.2, 0) is 11.0 Å². The minimum Gasteiger partial charge on any atom is -0.361 e. The van der Waals surface area contributed by atoms with Crippen LogP contribution < -0.4 is 10.6 Å². The van der Waals surface area contributed by atoms with Crippen LogP contribution in [0.3, 0.4) is 0 Å². The topological polar surface area (TPSA) is 41.1 Å². The van der Waals surface area contributed by atoms with E-state index in [0.717, 1.165) is 6.07 Å². The molecule has 118 valence electrons. The minimum absolute atomic E-state index is 0.0971. The number of para-hydroxylation sites is 1. The maximum Gasteiger partial charge on any atom is 0.418 e. The molecule has 3 nitrogen and oxygen atoms in total. The molecule has 0 saturated heterocycles. The first-order chi connectivity index (χ1) is 9.55. The molecule has 0 aliphatic rings. The number of hydrogen-bond donors (Lipinski definition) is 2. The molecule has 1 amide bonds. The van der Waals surface area contributed by atoms with Gasteiger partial charge in [-0.25, -0.2) is 0 Å². The highest BCUT2D eigenvalue weighted by Crippen LogP contribution is 2.37. The second kappa shape index (κ2) is 6.94. The smallest absolute Gasteiger partial charge is 0.361 e. The Morgan fingerprint density at radius 1 is 1.24 bits per heavy atom. The van der Waals surface area contributed by atoms with Crippen molar-refractivity contribution in [3.8, 4) is 0 Å². The summed E-state index contributed by atoms with van der Waals surface area (Å²) in [4.78, 5) is 11.4. The molecule has 0 aromatic heterocycles. The van der Waals surface area contributed by atoms with E-state index >= 15 is 0 Å². The predicted octanol–water partition coefficient (Wildman–Crippen LogP) is 4.34. The normalized spacial score (nSPS) is 13.7. The largest absolute Gasteiger partial charge is 0.418 e. The molecule has 0 fully saturated rings. The van der Waals surface area contributed by atoms with E-state index in [9.17, 15) is 18.0 Å². The molecule has 1 aromatic rings. The van der Waals surface area contributed by atoms with Gasteiger partial charge in [0.15, 0.2) is 0 Å². The van der Waals surface area contributed by atoms with Crippen LogP contribution in [0, 0.1) is 0 Å². The van der Waals surface area contributed by atoms with E-state index in [2.05, 4.69) is 10.6 Å². The van der Waals surface area contributed by atoms with Gasteiger partial charge in [0.25, 0.3) is 0 Å². The molecule has 1 atom stereocenters. The summed E-state index contributed by atoms with van der Waals surface area (Å²) >= 11 is 17.1. The zero-order valence-electron chi connectivity index (χ0n) is 10.8. The summed E-state index contributed by atoms with van der Waals surface area (Å²) in [7, 11) is 0. The Bertz CT molecular complexity index is 503. The van der Waals surface area contributed by atoms with Gasteiger partial charge in [-0.15, -0.1) is 0 Å². The van der Waals surface area contributed by atoms with Crippen LogP contribution in [0.1, 0.15) is 18.9 Å². The summed E-state index contributed by atoms with van der Waals surface area (Å²) in [5.41, 5.74) is -1.22. The Hall–Kier alpha value is -0.850. The molecule has 0 radical (unpaired) electrons. The molecule has 1 aromatic carbocycles. The van der Waals surface area contributed by atoms with Crippen molar-refractivity contribution in [3.05, 3.63) is 29.8 Å². The van der Waals surface area contributed by atoms with E-state index in [-0.39, 0.29) is 12.1 Å². The van der Waals surface area contributed by atoms with Gasteiger partial charge in [0.1, 0.15) is 6.17 Å². The van der Waals surface area contributed by atoms with Gasteiger partial charge in [0.05, 0.1) is 5.56 Å². The number of carbonyl (C=O) groups is 1. The maximum absolute atomic E-state index is 12.9. The van der Waals surface area contributed by atoms with Crippen LogP contribution in [0.25, 0.3) is 0 Å². The summed E-state index contributed by atoms with van der Waals surface area (Å²) < 4.78 is 36.7. The second-order valence-electron chi connectivity index (χ2n) is 4.08. The average molecular weight is 364 g/mol. The van der Waals surface area contributed by atoms with E-state index in [1.807, 2.05) is 0 Å². The Balaban J connectivity index is 3.07. The molecule has 2 N–H and O–H groups in total. The highest BCUT2D eigenvalue weighted by atomic mass is 35.6. The van der Waals surface area contributed by atoms with Crippen molar-refractivity contribution in [1.82, 2.24) is 5.32 Å². The highest BCUT2D eigenvalue weighted by molar-refractivity contribution is 6.68. The van der Waals surface area contributed by atoms with Gasteiger partial charge >= 0.3 is 6.18 Å². The molecule has 0 saturated carbocycles. The Labute approximate surface area is 134 Å². The predicted molar refractivity (Wildman–Crippen MR) is 77.6 cm³/mol. The number of benzene rings is 1. The van der Waals surface area contributed by atoms with Crippen LogP contribution in [0.5, 0.6) is 0 Å². The van der Waals surface area contributed by atoms with Gasteiger partial charge in [0.2, 0.25) is 9.70 Å². The fourth-order valence-corrected chi connectivity index (χ4v) is 1.80. The van der Waals surface area contributed by atoms with Crippen molar-refractivity contribution in [2.24, 2.45) is 0 Å². The fraction of sp³-hybridized carbons (Fsp3) is 0.417. The van der Waals surface area contributed by atoms with Crippen molar-refractivity contribution < 1.29 is 18.0 Å². The third-order valence-electron chi connectivity index (χ3n) is 2.49. The van der Waals surface area contributed by atoms with Gasteiger partial charge < -0.3 is 10.6 Å². The maximum atomic E-state index is 12.9. The number of nitrogens with one attached hydrogen (secondary N) is 2. The molecule has 0 heterocycles. The fourth-order valence-electron chi connectivity index (χ4n) is 1.47. The molecule has 21 heavy (non-hydrogen) atoms. The molecule has 1 rings (SSSR count). The van der Waals surface area contributed by atoms with E-state index in [1.165, 1.54) is 18.2 Å². The first-order valence-corrected chi connectivity index (χ1v) is 6.98. The lowest BCUT2D eigenvalue weighted by atomic mass is 10.1. The number of amides is 1. The van der Waals surface area contributed by atoms with Crippen LogP contribution in [0.15, 0.2) is 24.3 Å². The summed E-state index contributed by atoms with van der Waals surface area (Å²) in [6.45, 7) is 1.56. The Morgan fingerprint density at radius 3 is 2.29 bits per heavy atom. The summed E-state index contributed by atoms with van der Waals surface area (Å²) in [5.74, 6) is -0.469. The number of alkyl halides is 6. The van der Waals surface area contributed by atoms with E-state index in [4.69, 9.17) is 34.8 Å². The lowest BCUT2D eigenvalue weighted by molar-refractivity contribution is -0.137. The summed E-state index contributed by atoms with van der Waals surface area (Å²) in [6.07, 6.45) is -5.78. The lowest BCUT2D eigenvalue weighted by Gasteiger charge is -2.28. The SMILES string of the molecule is CCC(=O)N[C@H](Nc1ccccc1C(F)(F)F)C(Cl)(Cl)Cl. The molecule has 0 aliphatic carbocycles. The van der Waals surface area contributed by atoms with Crippen molar-refractivity contribution in [2.45, 2.75) is 29.5 Å². The van der Waals surface area contributed by atoms with E-state index in [0.29, 0.717) is 0 Å². The molecular formula is C12H12Cl3F3N2O. The van der Waals surface area contributed by atoms with E-state index in [1.54, 1.807) is 6.92 Å². The quantitative estimate of drug-likeness (QED) is 0.617. The van der Waals surface area contributed by atoms with Gasteiger partial charge in [-0.3, -0.25) is 4.79 Å². The molecular weight excluding hydrogens is 351 g/mol. The van der Waals surface area contributed by atoms with Gasteiger partial charge in [0, 0.05) is 12.1 Å². The van der Waals surface area contributed by atoms with E-state index < -0.39 is 27.6 Å². The monoisotopic (exact) mass is 362 g/mol. The van der Waals surface area contributed by atoms with Crippen LogP contribution in [-0.4, -0.2) is 15.9 Å². The number of halogens is 6. The Morgan fingerprint density at radius 2 is 1.81 bits per heavy atom. The minimum atomic E-state index is -4.57. The third kappa shape index (κ3) is 5.45.